The Bertz CT molecular complexity index is 837. The van der Waals surface area contributed by atoms with E-state index >= 15 is 0 Å². The zero-order chi connectivity index (χ0) is 19.4. The van der Waals surface area contributed by atoms with E-state index < -0.39 is 17.4 Å². The number of fused-ring (bicyclic) bond motifs is 1. The molecular weight excluding hydrogens is 346 g/mol. The lowest BCUT2D eigenvalue weighted by Crippen LogP contribution is -2.61. The third-order valence-electron chi connectivity index (χ3n) is 4.28. The molecule has 1 aliphatic rings. The smallest absolute Gasteiger partial charge is 0.282 e. The summed E-state index contributed by atoms with van der Waals surface area (Å²) in [6.07, 6.45) is 2.33. The average molecular weight is 369 g/mol. The van der Waals surface area contributed by atoms with Crippen molar-refractivity contribution in [3.05, 3.63) is 42.6 Å². The fourth-order valence-electron chi connectivity index (χ4n) is 2.91. The monoisotopic (exact) mass is 369 g/mol. The third-order valence-corrected chi connectivity index (χ3v) is 4.28. The molecule has 0 saturated heterocycles. The number of aromatic nitrogens is 1. The van der Waals surface area contributed by atoms with Crippen LogP contribution in [0.25, 0.3) is 0 Å². The fourth-order valence-corrected chi connectivity index (χ4v) is 2.91. The highest BCUT2D eigenvalue weighted by Gasteiger charge is 2.51. The first kappa shape index (κ1) is 18.7. The topological polar surface area (TPSA) is 80.8 Å². The van der Waals surface area contributed by atoms with Gasteiger partial charge in [-0.25, -0.2) is 4.98 Å². The Labute approximate surface area is 158 Å². The lowest BCUT2D eigenvalue weighted by atomic mass is 10.0. The number of carbonyl (C=O) groups excluding carboxylic acids is 2. The molecule has 0 bridgehead atoms. The number of amides is 2. The number of nitrogens with zero attached hydrogens (tertiary/aromatic N) is 2. The zero-order valence-electron chi connectivity index (χ0n) is 15.7. The highest BCUT2D eigenvalue weighted by atomic mass is 16.5. The first-order valence-electron chi connectivity index (χ1n) is 9.00. The van der Waals surface area contributed by atoms with Crippen molar-refractivity contribution in [2.24, 2.45) is 0 Å². The molecule has 1 unspecified atom stereocenters. The predicted octanol–water partition coefficient (Wildman–Crippen LogP) is 3.01. The lowest BCUT2D eigenvalue weighted by molar-refractivity contribution is -0.145. The van der Waals surface area contributed by atoms with Gasteiger partial charge in [0, 0.05) is 18.4 Å². The van der Waals surface area contributed by atoms with Crippen molar-refractivity contribution < 1.29 is 19.1 Å². The van der Waals surface area contributed by atoms with Gasteiger partial charge in [0.15, 0.2) is 11.6 Å². The van der Waals surface area contributed by atoms with Gasteiger partial charge in [0.2, 0.25) is 0 Å². The van der Waals surface area contributed by atoms with Crippen molar-refractivity contribution in [1.82, 2.24) is 4.98 Å². The minimum atomic E-state index is -1.68. The molecule has 0 radical (unpaired) electrons. The number of ether oxygens (including phenoxy) is 2. The van der Waals surface area contributed by atoms with Crippen LogP contribution in [0.1, 0.15) is 27.2 Å². The quantitative estimate of drug-likeness (QED) is 0.792. The lowest BCUT2D eigenvalue weighted by Gasteiger charge is -2.38. The maximum atomic E-state index is 13.1. The van der Waals surface area contributed by atoms with Gasteiger partial charge in [0.05, 0.1) is 6.61 Å². The largest absolute Gasteiger partial charge is 0.494 e. The number of hydrogen-bond acceptors (Lipinski definition) is 5. The molecule has 7 nitrogen and oxygen atoms in total. The summed E-state index contributed by atoms with van der Waals surface area (Å²) in [5.41, 5.74) is -1.12. The van der Waals surface area contributed by atoms with Crippen LogP contribution in [0.2, 0.25) is 0 Å². The van der Waals surface area contributed by atoms with Crippen LogP contribution in [0.3, 0.4) is 0 Å². The Kier molecular flexibility index (Phi) is 5.30. The van der Waals surface area contributed by atoms with Crippen LogP contribution in [-0.4, -0.2) is 35.6 Å². The summed E-state index contributed by atoms with van der Waals surface area (Å²) in [5, 5.41) is 2.76. The van der Waals surface area contributed by atoms with Gasteiger partial charge in [-0.3, -0.25) is 14.5 Å². The summed E-state index contributed by atoms with van der Waals surface area (Å²) in [6, 6.07) is 10.4. The van der Waals surface area contributed by atoms with Crippen molar-refractivity contribution in [1.29, 1.82) is 0 Å². The Morgan fingerprint density at radius 2 is 2.00 bits per heavy atom. The van der Waals surface area contributed by atoms with Gasteiger partial charge in [0.1, 0.15) is 5.75 Å². The summed E-state index contributed by atoms with van der Waals surface area (Å²) < 4.78 is 11.2. The zero-order valence-corrected chi connectivity index (χ0v) is 15.7. The van der Waals surface area contributed by atoms with Crippen LogP contribution < -0.4 is 19.7 Å². The molecule has 1 atom stereocenters. The molecule has 3 rings (SSSR count). The van der Waals surface area contributed by atoms with Crippen LogP contribution in [0.4, 0.5) is 11.5 Å². The maximum Gasteiger partial charge on any atom is 0.282 e. The second-order valence-electron chi connectivity index (χ2n) is 6.33. The van der Waals surface area contributed by atoms with Gasteiger partial charge in [-0.1, -0.05) is 6.92 Å². The first-order valence-corrected chi connectivity index (χ1v) is 9.00. The molecule has 0 fully saturated rings. The molecule has 1 N–H and O–H groups in total. The summed E-state index contributed by atoms with van der Waals surface area (Å²) in [7, 11) is 0. The van der Waals surface area contributed by atoms with E-state index in [0.717, 1.165) is 6.42 Å². The second kappa shape index (κ2) is 7.65. The normalized spacial score (nSPS) is 18.5. The van der Waals surface area contributed by atoms with Gasteiger partial charge >= 0.3 is 0 Å². The molecule has 0 aliphatic carbocycles. The SMILES string of the molecule is CCCN1C(=O)C(C)(C(=O)Nc2ccc(OCC)cc2)Oc2cccnc21. The molecule has 2 heterocycles. The fraction of sp³-hybridized carbons (Fsp3) is 0.350. The highest BCUT2D eigenvalue weighted by Crippen LogP contribution is 2.36. The van der Waals surface area contributed by atoms with E-state index in [2.05, 4.69) is 10.3 Å². The number of benzene rings is 1. The van der Waals surface area contributed by atoms with Gasteiger partial charge in [-0.15, -0.1) is 0 Å². The molecule has 1 aliphatic heterocycles. The first-order chi connectivity index (χ1) is 13.0. The van der Waals surface area contributed by atoms with E-state index in [4.69, 9.17) is 9.47 Å². The van der Waals surface area contributed by atoms with E-state index in [1.54, 1.807) is 42.6 Å². The minimum absolute atomic E-state index is 0.412. The van der Waals surface area contributed by atoms with Crippen LogP contribution in [0, 0.1) is 0 Å². The molecular formula is C20H23N3O4. The number of carbonyl (C=O) groups is 2. The minimum Gasteiger partial charge on any atom is -0.494 e. The van der Waals surface area contributed by atoms with Crippen LogP contribution in [0.15, 0.2) is 42.6 Å². The summed E-state index contributed by atoms with van der Waals surface area (Å²) in [6.45, 7) is 6.36. The highest BCUT2D eigenvalue weighted by molar-refractivity contribution is 6.19. The van der Waals surface area contributed by atoms with Gasteiger partial charge in [0.25, 0.3) is 17.4 Å². The molecule has 1 aromatic carbocycles. The van der Waals surface area contributed by atoms with E-state index in [0.29, 0.717) is 36.2 Å². The molecule has 7 heteroatoms. The summed E-state index contributed by atoms with van der Waals surface area (Å²) in [5.74, 6) is 0.595. The van der Waals surface area contributed by atoms with Gasteiger partial charge in [-0.2, -0.15) is 0 Å². The van der Waals surface area contributed by atoms with Crippen molar-refractivity contribution >= 4 is 23.3 Å². The Hall–Kier alpha value is -3.09. The van der Waals surface area contributed by atoms with Crippen molar-refractivity contribution in [3.63, 3.8) is 0 Å². The molecule has 27 heavy (non-hydrogen) atoms. The van der Waals surface area contributed by atoms with Crippen molar-refractivity contribution in [2.45, 2.75) is 32.8 Å². The van der Waals surface area contributed by atoms with Crippen molar-refractivity contribution in [3.8, 4) is 11.5 Å². The molecule has 2 aromatic rings. The standard InChI is InChI=1S/C20H23N3O4/c1-4-13-23-17-16(7-6-12-21-17)27-20(3,19(23)25)18(24)22-14-8-10-15(11-9-14)26-5-2/h6-12H,4-5,13H2,1-3H3,(H,22,24). The Morgan fingerprint density at radius 3 is 2.67 bits per heavy atom. The molecule has 0 spiro atoms. The molecule has 0 saturated carbocycles. The van der Waals surface area contributed by atoms with Gasteiger partial charge in [-0.05, 0) is 56.7 Å². The van der Waals surface area contributed by atoms with Crippen molar-refractivity contribution in [2.75, 3.05) is 23.4 Å². The van der Waals surface area contributed by atoms with Gasteiger partial charge < -0.3 is 14.8 Å². The van der Waals surface area contributed by atoms with E-state index in [9.17, 15) is 9.59 Å². The van der Waals surface area contributed by atoms with Crippen LogP contribution in [-0.2, 0) is 9.59 Å². The third kappa shape index (κ3) is 3.58. The predicted molar refractivity (Wildman–Crippen MR) is 102 cm³/mol. The number of hydrogen-bond donors (Lipinski definition) is 1. The Morgan fingerprint density at radius 1 is 1.26 bits per heavy atom. The van der Waals surface area contributed by atoms with Crippen LogP contribution >= 0.6 is 0 Å². The average Bonchev–Trinajstić information content (AvgIpc) is 2.67. The van der Waals surface area contributed by atoms with Crippen LogP contribution in [0.5, 0.6) is 11.5 Å². The summed E-state index contributed by atoms with van der Waals surface area (Å²) in [4.78, 5) is 31.7. The Balaban J connectivity index is 1.85. The maximum absolute atomic E-state index is 13.1. The summed E-state index contributed by atoms with van der Waals surface area (Å²) >= 11 is 0. The van der Waals surface area contributed by atoms with E-state index in [1.807, 2.05) is 13.8 Å². The van der Waals surface area contributed by atoms with E-state index in [-0.39, 0.29) is 0 Å². The number of rotatable bonds is 6. The van der Waals surface area contributed by atoms with E-state index in [1.165, 1.54) is 11.8 Å². The molecule has 1 aromatic heterocycles. The molecule has 142 valence electrons. The number of anilines is 2. The molecule has 2 amide bonds. The second-order valence-corrected chi connectivity index (χ2v) is 6.33. The number of pyridine rings is 1. The number of nitrogens with one attached hydrogen (secondary N) is 1.